The van der Waals surface area contributed by atoms with Gasteiger partial charge in [-0.3, -0.25) is 0 Å². The Morgan fingerprint density at radius 1 is 1.10 bits per heavy atom. The third-order valence-corrected chi connectivity index (χ3v) is 6.60. The van der Waals surface area contributed by atoms with Gasteiger partial charge in [0.15, 0.2) is 5.75 Å². The van der Waals surface area contributed by atoms with Gasteiger partial charge in [-0.15, -0.1) is 5.10 Å². The van der Waals surface area contributed by atoms with E-state index in [0.717, 1.165) is 16.9 Å². The Kier molecular flexibility index (Phi) is 6.63. The van der Waals surface area contributed by atoms with E-state index >= 15 is 0 Å². The average Bonchev–Trinajstić information content (AvgIpc) is 2.98. The molecule has 3 aromatic rings. The van der Waals surface area contributed by atoms with Crippen molar-refractivity contribution >= 4 is 47.9 Å². The number of nitrogen functional groups attached to an aromatic ring is 1. The number of methoxy groups -OCH3 is 1. The zero-order chi connectivity index (χ0) is 21.2. The van der Waals surface area contributed by atoms with Crippen LogP contribution in [0.2, 0.25) is 35.7 Å². The van der Waals surface area contributed by atoms with Gasteiger partial charge < -0.3 is 19.9 Å². The zero-order valence-electron chi connectivity index (χ0n) is 17.0. The van der Waals surface area contributed by atoms with Crippen LogP contribution in [0.3, 0.4) is 0 Å². The third-order valence-electron chi connectivity index (χ3n) is 4.33. The molecular weight excluding hydrogens is 429 g/mol. The number of fused-ring (bicyclic) bond motifs is 1. The molecule has 1 heterocycles. The van der Waals surface area contributed by atoms with Crippen LogP contribution in [0, 0.1) is 0 Å². The molecule has 1 aromatic heterocycles. The molecule has 0 aliphatic carbocycles. The Balaban J connectivity index is 1.83. The van der Waals surface area contributed by atoms with Crippen LogP contribution < -0.4 is 15.2 Å². The molecule has 0 saturated heterocycles. The van der Waals surface area contributed by atoms with E-state index < -0.39 is 8.07 Å². The van der Waals surface area contributed by atoms with Crippen LogP contribution >= 0.6 is 23.2 Å². The number of nitrogens with two attached hydrogens (primary N) is 1. The quantitative estimate of drug-likeness (QED) is 0.255. The van der Waals surface area contributed by atoms with Gasteiger partial charge in [0.2, 0.25) is 5.88 Å². The van der Waals surface area contributed by atoms with Gasteiger partial charge in [0.25, 0.3) is 0 Å². The van der Waals surface area contributed by atoms with Gasteiger partial charge in [0.05, 0.1) is 28.1 Å². The van der Waals surface area contributed by atoms with Crippen molar-refractivity contribution in [2.45, 2.75) is 32.4 Å². The van der Waals surface area contributed by atoms with Crippen molar-refractivity contribution in [2.75, 3.05) is 19.5 Å². The van der Waals surface area contributed by atoms with E-state index in [4.69, 9.17) is 43.1 Å². The van der Waals surface area contributed by atoms with Gasteiger partial charge in [0.1, 0.15) is 12.5 Å². The zero-order valence-corrected chi connectivity index (χ0v) is 19.5. The molecule has 6 nitrogen and oxygen atoms in total. The summed E-state index contributed by atoms with van der Waals surface area (Å²) in [5.41, 5.74) is 7.11. The van der Waals surface area contributed by atoms with Crippen molar-refractivity contribution in [1.29, 1.82) is 0 Å². The normalized spacial score (nSPS) is 11.8. The molecule has 0 aliphatic heterocycles. The molecule has 9 heteroatoms. The van der Waals surface area contributed by atoms with Crippen molar-refractivity contribution in [3.8, 4) is 17.4 Å². The third kappa shape index (κ3) is 5.36. The van der Waals surface area contributed by atoms with Crippen molar-refractivity contribution in [1.82, 2.24) is 9.78 Å². The van der Waals surface area contributed by atoms with E-state index in [1.165, 1.54) is 0 Å². The summed E-state index contributed by atoms with van der Waals surface area (Å²) in [7, 11) is 0.449. The first-order valence-electron chi connectivity index (χ1n) is 9.22. The van der Waals surface area contributed by atoms with Gasteiger partial charge in [-0.25, -0.2) is 4.68 Å². The van der Waals surface area contributed by atoms with Crippen LogP contribution in [0.25, 0.3) is 10.9 Å². The van der Waals surface area contributed by atoms with E-state index in [1.807, 2.05) is 18.2 Å². The first kappa shape index (κ1) is 21.8. The minimum absolute atomic E-state index is 0.341. The summed E-state index contributed by atoms with van der Waals surface area (Å²) in [5.74, 6) is 1.40. The number of anilines is 1. The number of aromatic nitrogens is 2. The molecule has 0 atom stereocenters. The summed E-state index contributed by atoms with van der Waals surface area (Å²) >= 11 is 12.4. The maximum Gasteiger partial charge on any atom is 0.240 e. The molecule has 0 unspecified atom stereocenters. The second kappa shape index (κ2) is 8.83. The van der Waals surface area contributed by atoms with Crippen LogP contribution in [-0.4, -0.2) is 31.6 Å². The molecule has 3 rings (SSSR count). The predicted octanol–water partition coefficient (Wildman–Crippen LogP) is 6.04. The maximum atomic E-state index is 6.22. The largest absolute Gasteiger partial charge is 0.479 e. The molecule has 156 valence electrons. The Hall–Kier alpha value is -1.93. The average molecular weight is 454 g/mol. The molecule has 0 spiro atoms. The highest BCUT2D eigenvalue weighted by Gasteiger charge is 2.16. The lowest BCUT2D eigenvalue weighted by Crippen LogP contribution is -2.22. The lowest BCUT2D eigenvalue weighted by atomic mass is 10.2. The Bertz CT molecular complexity index is 995. The minimum atomic E-state index is -1.13. The molecule has 0 bridgehead atoms. The molecule has 0 fully saturated rings. The van der Waals surface area contributed by atoms with Crippen LogP contribution in [0.4, 0.5) is 5.69 Å². The fraction of sp³-hybridized carbons (Fsp3) is 0.350. The van der Waals surface area contributed by atoms with E-state index in [9.17, 15) is 0 Å². The number of rotatable bonds is 8. The highest BCUT2D eigenvalue weighted by molar-refractivity contribution is 6.76. The minimum Gasteiger partial charge on any atom is -0.479 e. The summed E-state index contributed by atoms with van der Waals surface area (Å²) < 4.78 is 19.0. The summed E-state index contributed by atoms with van der Waals surface area (Å²) in [4.78, 5) is 0. The van der Waals surface area contributed by atoms with Crippen molar-refractivity contribution in [3.63, 3.8) is 0 Å². The SMILES string of the molecule is COc1nn(COCC[Si](C)(C)C)c2ccc(Oc3c(Cl)cc(N)cc3Cl)cc12. The maximum absolute atomic E-state index is 6.22. The summed E-state index contributed by atoms with van der Waals surface area (Å²) in [6, 6.07) is 9.86. The van der Waals surface area contributed by atoms with Gasteiger partial charge in [-0.1, -0.05) is 42.8 Å². The van der Waals surface area contributed by atoms with E-state index in [2.05, 4.69) is 24.7 Å². The Morgan fingerprint density at radius 2 is 1.79 bits per heavy atom. The Labute approximate surface area is 181 Å². The summed E-state index contributed by atoms with van der Waals surface area (Å²) in [5, 5.41) is 5.98. The predicted molar refractivity (Wildman–Crippen MR) is 121 cm³/mol. The van der Waals surface area contributed by atoms with Gasteiger partial charge in [0, 0.05) is 20.4 Å². The van der Waals surface area contributed by atoms with Crippen LogP contribution in [0.5, 0.6) is 17.4 Å². The van der Waals surface area contributed by atoms with Crippen molar-refractivity contribution in [2.24, 2.45) is 0 Å². The lowest BCUT2D eigenvalue weighted by Gasteiger charge is -2.15. The van der Waals surface area contributed by atoms with Gasteiger partial charge in [-0.05, 0) is 36.4 Å². The number of hydrogen-bond donors (Lipinski definition) is 1. The number of benzene rings is 2. The van der Waals surface area contributed by atoms with Crippen LogP contribution in [0.15, 0.2) is 30.3 Å². The van der Waals surface area contributed by atoms with E-state index in [-0.39, 0.29) is 0 Å². The topological polar surface area (TPSA) is 71.5 Å². The number of nitrogens with zero attached hydrogens (tertiary/aromatic N) is 2. The monoisotopic (exact) mass is 453 g/mol. The number of halogens is 2. The van der Waals surface area contributed by atoms with Crippen molar-refractivity contribution in [3.05, 3.63) is 40.4 Å². The Morgan fingerprint density at radius 3 is 2.41 bits per heavy atom. The second-order valence-electron chi connectivity index (χ2n) is 7.95. The standard InChI is InChI=1S/C20H25Cl2N3O3Si/c1-26-20-15-11-14(28-19-16(21)9-13(23)10-17(19)22)5-6-18(15)25(24-20)12-27-7-8-29(2,3)4/h5-6,9-11H,7-8,12,23H2,1-4H3. The van der Waals surface area contributed by atoms with E-state index in [0.29, 0.717) is 46.4 Å². The highest BCUT2D eigenvalue weighted by Crippen LogP contribution is 2.39. The number of hydrogen-bond acceptors (Lipinski definition) is 5. The second-order valence-corrected chi connectivity index (χ2v) is 14.4. The molecule has 0 radical (unpaired) electrons. The fourth-order valence-corrected chi connectivity index (χ4v) is 4.10. The molecule has 2 N–H and O–H groups in total. The van der Waals surface area contributed by atoms with E-state index in [1.54, 1.807) is 23.9 Å². The molecule has 0 aliphatic rings. The molecule has 0 saturated carbocycles. The fourth-order valence-electron chi connectivity index (χ4n) is 2.77. The molecule has 29 heavy (non-hydrogen) atoms. The van der Waals surface area contributed by atoms with Crippen LogP contribution in [0.1, 0.15) is 0 Å². The lowest BCUT2D eigenvalue weighted by molar-refractivity contribution is 0.0807. The molecule has 0 amide bonds. The van der Waals surface area contributed by atoms with Gasteiger partial charge >= 0.3 is 0 Å². The molecular formula is C20H25Cl2N3O3Si. The summed E-state index contributed by atoms with van der Waals surface area (Å²) in [6.45, 7) is 8.05. The smallest absolute Gasteiger partial charge is 0.240 e. The van der Waals surface area contributed by atoms with Crippen LogP contribution in [-0.2, 0) is 11.5 Å². The van der Waals surface area contributed by atoms with Gasteiger partial charge in [-0.2, -0.15) is 0 Å². The summed E-state index contributed by atoms with van der Waals surface area (Å²) in [6.07, 6.45) is 0. The first-order chi connectivity index (χ1) is 13.7. The highest BCUT2D eigenvalue weighted by atomic mass is 35.5. The molecule has 2 aromatic carbocycles. The number of ether oxygens (including phenoxy) is 3. The van der Waals surface area contributed by atoms with Crippen molar-refractivity contribution < 1.29 is 14.2 Å². The first-order valence-corrected chi connectivity index (χ1v) is 13.7.